The molecule has 13 aromatic rings. The maximum Gasteiger partial charge on any atom is 0.137 e. The van der Waals surface area contributed by atoms with E-state index in [4.69, 9.17) is 4.42 Å². The van der Waals surface area contributed by atoms with Crippen LogP contribution in [0.5, 0.6) is 0 Å². The normalized spacial score (nSPS) is 12.1. The molecule has 0 spiro atoms. The highest BCUT2D eigenvalue weighted by molar-refractivity contribution is 7.25. The summed E-state index contributed by atoms with van der Waals surface area (Å²) in [6.07, 6.45) is 0. The van der Waals surface area contributed by atoms with E-state index < -0.39 is 0 Å². The van der Waals surface area contributed by atoms with Gasteiger partial charge in [-0.3, -0.25) is 0 Å². The molecular formula is C54H32N2OS. The van der Waals surface area contributed by atoms with E-state index in [1.165, 1.54) is 75.0 Å². The van der Waals surface area contributed by atoms with Gasteiger partial charge in [0.15, 0.2) is 0 Å². The lowest BCUT2D eigenvalue weighted by Gasteiger charge is -2.26. The first-order chi connectivity index (χ1) is 28.7. The minimum atomic E-state index is 0.862. The van der Waals surface area contributed by atoms with Crippen molar-refractivity contribution in [3.63, 3.8) is 0 Å². The molecule has 4 aromatic heterocycles. The minimum absolute atomic E-state index is 0.862. The molecule has 3 nitrogen and oxygen atoms in total. The number of hydrogen-bond donors (Lipinski definition) is 0. The molecule has 9 aromatic carbocycles. The highest BCUT2D eigenvalue weighted by Crippen LogP contribution is 2.45. The van der Waals surface area contributed by atoms with Crippen LogP contribution in [0.25, 0.3) is 102 Å². The van der Waals surface area contributed by atoms with Crippen LogP contribution >= 0.6 is 11.3 Å². The van der Waals surface area contributed by atoms with Crippen LogP contribution in [0.15, 0.2) is 199 Å². The monoisotopic (exact) mass is 756 g/mol. The molecule has 13 rings (SSSR count). The zero-order chi connectivity index (χ0) is 37.9. The summed E-state index contributed by atoms with van der Waals surface area (Å²) in [7, 11) is 0. The lowest BCUT2D eigenvalue weighted by Crippen LogP contribution is -2.09. The smallest absolute Gasteiger partial charge is 0.137 e. The zero-order valence-electron chi connectivity index (χ0n) is 31.2. The molecule has 0 aliphatic carbocycles. The SMILES string of the molecule is c1ccc(-c2ccc(N(c3ccc4c(c3)oc3cc(-c5cccc6c7cccc8c9ccccc9n(c56)c87)ccc34)c3ccc4sc5ccccc5c4c3)cc2)cc1. The molecule has 0 bridgehead atoms. The van der Waals surface area contributed by atoms with Gasteiger partial charge in [0, 0.05) is 81.2 Å². The van der Waals surface area contributed by atoms with Crippen molar-refractivity contribution in [1.29, 1.82) is 0 Å². The third-order valence-corrected chi connectivity index (χ3v) is 13.3. The molecule has 0 unspecified atom stereocenters. The molecule has 58 heavy (non-hydrogen) atoms. The van der Waals surface area contributed by atoms with Gasteiger partial charge in [-0.15, -0.1) is 11.3 Å². The first-order valence-electron chi connectivity index (χ1n) is 19.7. The fourth-order valence-electron chi connectivity index (χ4n) is 9.51. The highest BCUT2D eigenvalue weighted by Gasteiger charge is 2.21. The van der Waals surface area contributed by atoms with E-state index in [2.05, 4.69) is 203 Å². The quantitative estimate of drug-likeness (QED) is 0.174. The summed E-state index contributed by atoms with van der Waals surface area (Å²) in [5, 5.41) is 9.90. The van der Waals surface area contributed by atoms with Crippen molar-refractivity contribution in [3.05, 3.63) is 194 Å². The second-order valence-electron chi connectivity index (χ2n) is 15.3. The van der Waals surface area contributed by atoms with Gasteiger partial charge in [0.1, 0.15) is 11.2 Å². The van der Waals surface area contributed by atoms with Crippen molar-refractivity contribution >= 4 is 109 Å². The summed E-state index contributed by atoms with van der Waals surface area (Å²) >= 11 is 1.85. The van der Waals surface area contributed by atoms with Gasteiger partial charge >= 0.3 is 0 Å². The van der Waals surface area contributed by atoms with Crippen molar-refractivity contribution in [1.82, 2.24) is 4.40 Å². The predicted molar refractivity (Wildman–Crippen MR) is 247 cm³/mol. The Morgan fingerprint density at radius 2 is 0.948 bits per heavy atom. The van der Waals surface area contributed by atoms with Crippen molar-refractivity contribution in [2.24, 2.45) is 0 Å². The summed E-state index contributed by atoms with van der Waals surface area (Å²) in [5.41, 5.74) is 13.5. The summed E-state index contributed by atoms with van der Waals surface area (Å²) in [6.45, 7) is 0. The number of para-hydroxylation sites is 3. The van der Waals surface area contributed by atoms with E-state index in [1.807, 2.05) is 11.3 Å². The van der Waals surface area contributed by atoms with E-state index in [-0.39, 0.29) is 0 Å². The summed E-state index contributed by atoms with van der Waals surface area (Å²) in [4.78, 5) is 2.35. The van der Waals surface area contributed by atoms with Crippen molar-refractivity contribution < 1.29 is 4.42 Å². The second kappa shape index (κ2) is 12.1. The van der Waals surface area contributed by atoms with Crippen LogP contribution < -0.4 is 4.90 Å². The Kier molecular flexibility index (Phi) is 6.60. The molecule has 0 radical (unpaired) electrons. The molecule has 0 saturated carbocycles. The van der Waals surface area contributed by atoms with Crippen LogP contribution in [0.3, 0.4) is 0 Å². The molecule has 0 atom stereocenters. The number of benzene rings is 9. The van der Waals surface area contributed by atoms with Gasteiger partial charge in [-0.25, -0.2) is 0 Å². The summed E-state index contributed by atoms with van der Waals surface area (Å²) in [6, 6.07) is 70.6. The van der Waals surface area contributed by atoms with E-state index in [0.717, 1.165) is 44.6 Å². The number of rotatable bonds is 5. The number of thiophene rings is 1. The molecule has 0 amide bonds. The first-order valence-corrected chi connectivity index (χ1v) is 20.6. The standard InChI is InChI=1S/C54H32N2OS/c1-2-10-33(11-3-1)34-20-23-36(24-21-34)55(37-26-29-52-47(31-37)43-13-5-7-19-51(43)58-52)38-25-28-42-41-27-22-35(30-49(41)57-50(42)32-38)39-14-8-16-45-46-17-9-15-44-40-12-4-6-18-48(40)56(53(39)45)54(44)46/h1-32H. The average molecular weight is 757 g/mol. The molecule has 4 heterocycles. The minimum Gasteiger partial charge on any atom is -0.456 e. The average Bonchev–Trinajstić information content (AvgIpc) is 4.03. The number of nitrogens with zero attached hydrogens (tertiary/aromatic N) is 2. The third kappa shape index (κ3) is 4.55. The molecular weight excluding hydrogens is 725 g/mol. The molecule has 270 valence electrons. The Hall–Kier alpha value is -7.40. The van der Waals surface area contributed by atoms with Gasteiger partial charge in [0.25, 0.3) is 0 Å². The molecule has 0 saturated heterocycles. The van der Waals surface area contributed by atoms with E-state index in [0.29, 0.717) is 0 Å². The number of furan rings is 1. The lowest BCUT2D eigenvalue weighted by atomic mass is 10.00. The fraction of sp³-hybridized carbons (Fsp3) is 0. The van der Waals surface area contributed by atoms with Gasteiger partial charge in [-0.1, -0.05) is 121 Å². The predicted octanol–water partition coefficient (Wildman–Crippen LogP) is 15.9. The third-order valence-electron chi connectivity index (χ3n) is 12.1. The molecule has 4 heteroatoms. The Bertz CT molecular complexity index is 3740. The van der Waals surface area contributed by atoms with Crippen molar-refractivity contribution in [2.75, 3.05) is 4.90 Å². The van der Waals surface area contributed by atoms with Crippen LogP contribution in [0.4, 0.5) is 17.1 Å². The van der Waals surface area contributed by atoms with E-state index >= 15 is 0 Å². The fourth-order valence-corrected chi connectivity index (χ4v) is 10.6. The van der Waals surface area contributed by atoms with Gasteiger partial charge in [-0.05, 0) is 83.4 Å². The van der Waals surface area contributed by atoms with Crippen LogP contribution in [-0.2, 0) is 0 Å². The maximum atomic E-state index is 6.83. The first kappa shape index (κ1) is 31.8. The summed E-state index contributed by atoms with van der Waals surface area (Å²) < 4.78 is 11.9. The zero-order valence-corrected chi connectivity index (χ0v) is 32.0. The Morgan fingerprint density at radius 3 is 1.81 bits per heavy atom. The van der Waals surface area contributed by atoms with Gasteiger partial charge in [0.05, 0.1) is 16.6 Å². The highest BCUT2D eigenvalue weighted by atomic mass is 32.1. The maximum absolute atomic E-state index is 6.83. The number of anilines is 3. The van der Waals surface area contributed by atoms with Gasteiger partial charge < -0.3 is 13.7 Å². The van der Waals surface area contributed by atoms with Crippen LogP contribution in [-0.4, -0.2) is 4.40 Å². The Balaban J connectivity index is 0.971. The van der Waals surface area contributed by atoms with Gasteiger partial charge in [-0.2, -0.15) is 0 Å². The van der Waals surface area contributed by atoms with Crippen molar-refractivity contribution in [3.8, 4) is 22.3 Å². The largest absolute Gasteiger partial charge is 0.456 e. The number of hydrogen-bond acceptors (Lipinski definition) is 3. The molecule has 0 aliphatic rings. The molecule has 0 fully saturated rings. The van der Waals surface area contributed by atoms with E-state index in [1.54, 1.807) is 0 Å². The van der Waals surface area contributed by atoms with E-state index in [9.17, 15) is 0 Å². The number of fused-ring (bicyclic) bond motifs is 12. The summed E-state index contributed by atoms with van der Waals surface area (Å²) in [5.74, 6) is 0. The molecule has 0 aliphatic heterocycles. The Labute approximate surface area is 337 Å². The second-order valence-corrected chi connectivity index (χ2v) is 16.4. The van der Waals surface area contributed by atoms with Crippen LogP contribution in [0.1, 0.15) is 0 Å². The number of aromatic nitrogens is 1. The van der Waals surface area contributed by atoms with Crippen LogP contribution in [0, 0.1) is 0 Å². The topological polar surface area (TPSA) is 20.8 Å². The molecule has 0 N–H and O–H groups in total. The lowest BCUT2D eigenvalue weighted by molar-refractivity contribution is 0.669. The van der Waals surface area contributed by atoms with Crippen molar-refractivity contribution in [2.45, 2.75) is 0 Å². The Morgan fingerprint density at radius 1 is 0.362 bits per heavy atom. The van der Waals surface area contributed by atoms with Crippen LogP contribution in [0.2, 0.25) is 0 Å². The van der Waals surface area contributed by atoms with Gasteiger partial charge in [0.2, 0.25) is 0 Å².